The van der Waals surface area contributed by atoms with Gasteiger partial charge in [-0.15, -0.1) is 0 Å². The first kappa shape index (κ1) is 21.1. The summed E-state index contributed by atoms with van der Waals surface area (Å²) in [5.74, 6) is 0.0804. The van der Waals surface area contributed by atoms with Gasteiger partial charge in [0.2, 0.25) is 0 Å². The lowest BCUT2D eigenvalue weighted by molar-refractivity contribution is 0.0746. The largest absolute Gasteiger partial charge is 0.508 e. The molecule has 33 heavy (non-hydrogen) atoms. The highest BCUT2D eigenvalue weighted by molar-refractivity contribution is 6.30. The van der Waals surface area contributed by atoms with Crippen molar-refractivity contribution in [3.8, 4) is 5.75 Å². The van der Waals surface area contributed by atoms with Crippen molar-refractivity contribution in [2.75, 3.05) is 31.1 Å². The third-order valence-corrected chi connectivity index (χ3v) is 6.28. The van der Waals surface area contributed by atoms with E-state index in [1.807, 2.05) is 35.2 Å². The van der Waals surface area contributed by atoms with E-state index in [-0.39, 0.29) is 17.6 Å². The van der Waals surface area contributed by atoms with Gasteiger partial charge in [0.15, 0.2) is 0 Å². The van der Waals surface area contributed by atoms with Crippen LogP contribution in [0.15, 0.2) is 79.0 Å². The molecule has 0 radical (unpaired) electrons. The first-order valence-electron chi connectivity index (χ1n) is 10.7. The van der Waals surface area contributed by atoms with Crippen molar-refractivity contribution < 1.29 is 14.7 Å². The van der Waals surface area contributed by atoms with Gasteiger partial charge >= 0.3 is 0 Å². The summed E-state index contributed by atoms with van der Waals surface area (Å²) in [6.07, 6.45) is 1.73. The number of halogens is 1. The number of phenolic OH excluding ortho intramolecular Hbond substituents is 1. The van der Waals surface area contributed by atoms with E-state index >= 15 is 0 Å². The molecule has 0 aliphatic carbocycles. The molecule has 1 aliphatic heterocycles. The molecule has 1 aliphatic rings. The fourth-order valence-electron chi connectivity index (χ4n) is 4.20. The van der Waals surface area contributed by atoms with Gasteiger partial charge in [-0.25, -0.2) is 0 Å². The van der Waals surface area contributed by atoms with Crippen molar-refractivity contribution >= 4 is 40.0 Å². The van der Waals surface area contributed by atoms with Crippen LogP contribution in [-0.2, 0) is 0 Å². The molecule has 4 aromatic rings. The lowest BCUT2D eigenvalue weighted by Gasteiger charge is -2.36. The summed E-state index contributed by atoms with van der Waals surface area (Å²) in [5.41, 5.74) is 2.94. The summed E-state index contributed by atoms with van der Waals surface area (Å²) in [7, 11) is 0. The van der Waals surface area contributed by atoms with E-state index in [0.29, 0.717) is 29.2 Å². The number of phenols is 1. The lowest BCUT2D eigenvalue weighted by atomic mass is 10.1. The summed E-state index contributed by atoms with van der Waals surface area (Å²) >= 11 is 5.93. The van der Waals surface area contributed by atoms with Gasteiger partial charge in [-0.1, -0.05) is 11.6 Å². The van der Waals surface area contributed by atoms with E-state index in [1.165, 1.54) is 0 Å². The minimum Gasteiger partial charge on any atom is -0.508 e. The third kappa shape index (κ3) is 4.17. The molecule has 6 nitrogen and oxygen atoms in total. The Morgan fingerprint density at radius 1 is 0.758 bits per heavy atom. The van der Waals surface area contributed by atoms with Crippen molar-refractivity contribution in [2.24, 2.45) is 0 Å². The predicted molar refractivity (Wildman–Crippen MR) is 129 cm³/mol. The number of benzene rings is 3. The average molecular weight is 460 g/mol. The number of hydrogen-bond donors (Lipinski definition) is 1. The van der Waals surface area contributed by atoms with Crippen LogP contribution in [-0.4, -0.2) is 52.6 Å². The molecule has 1 N–H and O–H groups in total. The molecule has 5 rings (SSSR count). The first-order chi connectivity index (χ1) is 16.0. The quantitative estimate of drug-likeness (QED) is 0.484. The molecule has 0 spiro atoms. The SMILES string of the molecule is O=C(c1ccc2c(ccn2C(=O)c2ccc(Cl)cc2)c1)N1CCN(c2ccc(O)cc2)CC1. The second-order valence-corrected chi connectivity index (χ2v) is 8.50. The van der Waals surface area contributed by atoms with E-state index in [2.05, 4.69) is 4.90 Å². The van der Waals surface area contributed by atoms with Gasteiger partial charge in [-0.3, -0.25) is 14.2 Å². The van der Waals surface area contributed by atoms with Crippen LogP contribution < -0.4 is 4.90 Å². The minimum absolute atomic E-state index is 0.0148. The number of carbonyl (C=O) groups is 2. The maximum absolute atomic E-state index is 13.1. The van der Waals surface area contributed by atoms with Crippen LogP contribution in [0.1, 0.15) is 20.7 Å². The number of anilines is 1. The number of piperazine rings is 1. The van der Waals surface area contributed by atoms with E-state index < -0.39 is 0 Å². The zero-order valence-electron chi connectivity index (χ0n) is 17.8. The smallest absolute Gasteiger partial charge is 0.262 e. The van der Waals surface area contributed by atoms with E-state index in [9.17, 15) is 14.7 Å². The van der Waals surface area contributed by atoms with Gasteiger partial charge in [-0.05, 0) is 72.8 Å². The van der Waals surface area contributed by atoms with Crippen molar-refractivity contribution in [3.63, 3.8) is 0 Å². The number of aromatic hydroxyl groups is 1. The van der Waals surface area contributed by atoms with Crippen molar-refractivity contribution in [1.29, 1.82) is 0 Å². The highest BCUT2D eigenvalue weighted by atomic mass is 35.5. The molecular weight excluding hydrogens is 438 g/mol. The summed E-state index contributed by atoms with van der Waals surface area (Å²) in [4.78, 5) is 30.1. The third-order valence-electron chi connectivity index (χ3n) is 6.03. The Kier molecular flexibility index (Phi) is 5.52. The molecule has 166 valence electrons. The maximum Gasteiger partial charge on any atom is 0.262 e. The van der Waals surface area contributed by atoms with Gasteiger partial charge < -0.3 is 14.9 Å². The molecule has 1 saturated heterocycles. The fourth-order valence-corrected chi connectivity index (χ4v) is 4.32. The van der Waals surface area contributed by atoms with Crippen LogP contribution in [0.3, 0.4) is 0 Å². The van der Waals surface area contributed by atoms with Crippen LogP contribution in [0.2, 0.25) is 5.02 Å². The molecule has 1 amide bonds. The number of hydrogen-bond acceptors (Lipinski definition) is 4. The van der Waals surface area contributed by atoms with E-state index in [1.54, 1.807) is 53.2 Å². The lowest BCUT2D eigenvalue weighted by Crippen LogP contribution is -2.48. The normalized spacial score (nSPS) is 14.0. The predicted octanol–water partition coefficient (Wildman–Crippen LogP) is 4.65. The summed E-state index contributed by atoms with van der Waals surface area (Å²) in [6, 6.07) is 21.2. The minimum atomic E-state index is -0.147. The van der Waals surface area contributed by atoms with Gasteiger partial charge in [-0.2, -0.15) is 0 Å². The Hall–Kier alpha value is -3.77. The van der Waals surface area contributed by atoms with Crippen LogP contribution in [0.5, 0.6) is 5.75 Å². The topological polar surface area (TPSA) is 65.8 Å². The number of fused-ring (bicyclic) bond motifs is 1. The van der Waals surface area contributed by atoms with Crippen molar-refractivity contribution in [2.45, 2.75) is 0 Å². The van der Waals surface area contributed by atoms with Gasteiger partial charge in [0.05, 0.1) is 5.52 Å². The number of carbonyl (C=O) groups excluding carboxylic acids is 2. The summed E-state index contributed by atoms with van der Waals surface area (Å²) < 4.78 is 1.59. The maximum atomic E-state index is 13.1. The Morgan fingerprint density at radius 3 is 2.12 bits per heavy atom. The summed E-state index contributed by atoms with van der Waals surface area (Å²) in [5, 5.41) is 10.9. The molecule has 3 aromatic carbocycles. The number of amides is 1. The molecule has 7 heteroatoms. The Morgan fingerprint density at radius 2 is 1.42 bits per heavy atom. The molecule has 1 aromatic heterocycles. The molecule has 1 fully saturated rings. The molecule has 0 unspecified atom stereocenters. The Labute approximate surface area is 196 Å². The molecular formula is C26H22ClN3O3. The fraction of sp³-hybridized carbons (Fsp3) is 0.154. The van der Waals surface area contributed by atoms with Gasteiger partial charge in [0.1, 0.15) is 5.75 Å². The van der Waals surface area contributed by atoms with Crippen LogP contribution in [0.25, 0.3) is 10.9 Å². The number of nitrogens with zero attached hydrogens (tertiary/aromatic N) is 3. The van der Waals surface area contributed by atoms with E-state index in [0.717, 1.165) is 29.7 Å². The standard InChI is InChI=1S/C26H22ClN3O3/c27-21-4-1-18(2-5-21)26(33)30-12-11-19-17-20(3-10-24(19)30)25(32)29-15-13-28(14-16-29)22-6-8-23(31)9-7-22/h1-12,17,31H,13-16H2. The highest BCUT2D eigenvalue weighted by Gasteiger charge is 2.23. The number of aromatic nitrogens is 1. The molecule has 0 bridgehead atoms. The highest BCUT2D eigenvalue weighted by Crippen LogP contribution is 2.23. The molecule has 0 atom stereocenters. The van der Waals surface area contributed by atoms with Crippen molar-refractivity contribution in [1.82, 2.24) is 9.47 Å². The Balaban J connectivity index is 1.30. The molecule has 2 heterocycles. The van der Waals surface area contributed by atoms with Gasteiger partial charge in [0.25, 0.3) is 11.8 Å². The van der Waals surface area contributed by atoms with Crippen LogP contribution >= 0.6 is 11.6 Å². The van der Waals surface area contributed by atoms with Crippen LogP contribution in [0, 0.1) is 0 Å². The van der Waals surface area contributed by atoms with Crippen molar-refractivity contribution in [3.05, 3.63) is 95.1 Å². The second kappa shape index (κ2) is 8.64. The number of rotatable bonds is 3. The Bertz CT molecular complexity index is 1320. The van der Waals surface area contributed by atoms with E-state index in [4.69, 9.17) is 11.6 Å². The molecule has 0 saturated carbocycles. The summed E-state index contributed by atoms with van der Waals surface area (Å²) in [6.45, 7) is 2.69. The van der Waals surface area contributed by atoms with Gasteiger partial charge in [0, 0.05) is 59.6 Å². The zero-order chi connectivity index (χ0) is 22.9. The monoisotopic (exact) mass is 459 g/mol. The second-order valence-electron chi connectivity index (χ2n) is 8.07. The average Bonchev–Trinajstić information content (AvgIpc) is 3.27. The van der Waals surface area contributed by atoms with Crippen LogP contribution in [0.4, 0.5) is 5.69 Å². The first-order valence-corrected chi connectivity index (χ1v) is 11.1. The zero-order valence-corrected chi connectivity index (χ0v) is 18.6.